The molecule has 2 rings (SSSR count). The van der Waals surface area contributed by atoms with Gasteiger partial charge in [-0.1, -0.05) is 0 Å². The standard InChI is InChI=1S/C5H5BrN4O3/c6-4-7-5(10(11)12)8-9(4)1-3-2-13-3/h3H,1-2H2. The number of epoxide rings is 1. The number of rotatable bonds is 3. The normalized spacial score (nSPS) is 20.2. The van der Waals surface area contributed by atoms with Crippen LogP contribution in [0.15, 0.2) is 4.73 Å². The molecule has 0 amide bonds. The van der Waals surface area contributed by atoms with E-state index in [0.717, 1.165) is 0 Å². The van der Waals surface area contributed by atoms with Crippen LogP contribution in [0.4, 0.5) is 5.95 Å². The first-order chi connectivity index (χ1) is 6.16. The van der Waals surface area contributed by atoms with Crippen molar-refractivity contribution < 1.29 is 9.66 Å². The van der Waals surface area contributed by atoms with Crippen LogP contribution < -0.4 is 0 Å². The van der Waals surface area contributed by atoms with Gasteiger partial charge in [-0.15, -0.1) is 0 Å². The van der Waals surface area contributed by atoms with E-state index < -0.39 is 10.9 Å². The molecule has 1 atom stereocenters. The summed E-state index contributed by atoms with van der Waals surface area (Å²) in [5.41, 5.74) is 0. The van der Waals surface area contributed by atoms with Crippen LogP contribution in [0.3, 0.4) is 0 Å². The number of hydrogen-bond acceptors (Lipinski definition) is 5. The number of hydrogen-bond donors (Lipinski definition) is 0. The summed E-state index contributed by atoms with van der Waals surface area (Å²) in [4.78, 5) is 13.3. The van der Waals surface area contributed by atoms with Gasteiger partial charge in [0.25, 0.3) is 4.73 Å². The van der Waals surface area contributed by atoms with Crippen LogP contribution in [0.5, 0.6) is 0 Å². The Bertz CT molecular complexity index is 348. The third-order valence-corrected chi connectivity index (χ3v) is 2.14. The van der Waals surface area contributed by atoms with E-state index in [1.165, 1.54) is 4.68 Å². The predicted octanol–water partition coefficient (Wildman–Crippen LogP) is 0.348. The third kappa shape index (κ3) is 1.83. The van der Waals surface area contributed by atoms with Crippen LogP contribution in [-0.4, -0.2) is 32.4 Å². The van der Waals surface area contributed by atoms with Gasteiger partial charge in [0.05, 0.1) is 13.2 Å². The summed E-state index contributed by atoms with van der Waals surface area (Å²) in [5.74, 6) is -0.396. The minimum Gasteiger partial charge on any atom is -0.390 e. The molecular weight excluding hydrogens is 244 g/mol. The zero-order valence-electron chi connectivity index (χ0n) is 6.38. The molecule has 0 aliphatic carbocycles. The van der Waals surface area contributed by atoms with Crippen LogP contribution in [-0.2, 0) is 11.3 Å². The van der Waals surface area contributed by atoms with E-state index in [1.807, 2.05) is 0 Å². The molecule has 1 aromatic heterocycles. The first kappa shape index (κ1) is 8.57. The topological polar surface area (TPSA) is 86.4 Å². The lowest BCUT2D eigenvalue weighted by molar-refractivity contribution is -0.394. The molecule has 1 aromatic rings. The van der Waals surface area contributed by atoms with Crippen LogP contribution in [0.25, 0.3) is 0 Å². The summed E-state index contributed by atoms with van der Waals surface area (Å²) in [6.07, 6.45) is 0.123. The highest BCUT2D eigenvalue weighted by Gasteiger charge is 2.28. The highest BCUT2D eigenvalue weighted by atomic mass is 79.9. The van der Waals surface area contributed by atoms with E-state index >= 15 is 0 Å². The van der Waals surface area contributed by atoms with Crippen molar-refractivity contribution in [3.8, 4) is 0 Å². The van der Waals surface area contributed by atoms with Gasteiger partial charge in [0.2, 0.25) is 0 Å². The predicted molar refractivity (Wildman–Crippen MR) is 44.1 cm³/mol. The van der Waals surface area contributed by atoms with Gasteiger partial charge in [-0.25, -0.2) is 0 Å². The molecule has 0 saturated carbocycles. The molecule has 1 aliphatic rings. The molecule has 8 heteroatoms. The van der Waals surface area contributed by atoms with Crippen molar-refractivity contribution in [2.24, 2.45) is 0 Å². The molecule has 13 heavy (non-hydrogen) atoms. The Morgan fingerprint density at radius 2 is 2.54 bits per heavy atom. The second-order valence-electron chi connectivity index (χ2n) is 2.58. The molecule has 70 valence electrons. The highest BCUT2D eigenvalue weighted by molar-refractivity contribution is 9.10. The fourth-order valence-electron chi connectivity index (χ4n) is 0.872. The Kier molecular flexibility index (Phi) is 2.00. The minimum absolute atomic E-state index is 0.123. The molecule has 0 N–H and O–H groups in total. The summed E-state index contributed by atoms with van der Waals surface area (Å²) in [6, 6.07) is 0. The quantitative estimate of drug-likeness (QED) is 0.438. The van der Waals surface area contributed by atoms with Crippen molar-refractivity contribution >= 4 is 21.9 Å². The second-order valence-corrected chi connectivity index (χ2v) is 3.28. The van der Waals surface area contributed by atoms with Crippen molar-refractivity contribution in [3.05, 3.63) is 14.8 Å². The SMILES string of the molecule is O=[N+]([O-])c1nc(Br)n(CC2CO2)n1. The van der Waals surface area contributed by atoms with E-state index in [2.05, 4.69) is 26.0 Å². The molecule has 1 aliphatic heterocycles. The van der Waals surface area contributed by atoms with Gasteiger partial charge in [0, 0.05) is 21.0 Å². The van der Waals surface area contributed by atoms with Gasteiger partial charge in [-0.05, 0) is 9.91 Å². The summed E-state index contributed by atoms with van der Waals surface area (Å²) >= 11 is 3.07. The third-order valence-electron chi connectivity index (χ3n) is 1.56. The van der Waals surface area contributed by atoms with Crippen molar-refractivity contribution in [2.75, 3.05) is 6.61 Å². The number of nitro groups is 1. The number of aromatic nitrogens is 3. The Hall–Kier alpha value is -1.02. The molecule has 1 unspecified atom stereocenters. The van der Waals surface area contributed by atoms with Gasteiger partial charge in [-0.3, -0.25) is 0 Å². The Morgan fingerprint density at radius 3 is 3.00 bits per heavy atom. The molecule has 0 aromatic carbocycles. The summed E-state index contributed by atoms with van der Waals surface area (Å²) < 4.78 is 6.73. The number of ether oxygens (including phenoxy) is 1. The van der Waals surface area contributed by atoms with Crippen molar-refractivity contribution in [1.29, 1.82) is 0 Å². The van der Waals surface area contributed by atoms with Gasteiger partial charge >= 0.3 is 5.95 Å². The van der Waals surface area contributed by atoms with Gasteiger partial charge in [0.1, 0.15) is 6.10 Å². The summed E-state index contributed by atoms with van der Waals surface area (Å²) in [7, 11) is 0. The minimum atomic E-state index is -0.630. The van der Waals surface area contributed by atoms with E-state index in [0.29, 0.717) is 17.9 Å². The first-order valence-electron chi connectivity index (χ1n) is 3.53. The largest absolute Gasteiger partial charge is 0.492 e. The molecule has 7 nitrogen and oxygen atoms in total. The Balaban J connectivity index is 2.18. The summed E-state index contributed by atoms with van der Waals surface area (Å²) in [5, 5.41) is 14.0. The Labute approximate surface area is 81.0 Å². The molecule has 1 saturated heterocycles. The second kappa shape index (κ2) is 3.04. The van der Waals surface area contributed by atoms with Crippen molar-refractivity contribution in [3.63, 3.8) is 0 Å². The average Bonchev–Trinajstić information content (AvgIpc) is 2.78. The first-order valence-corrected chi connectivity index (χ1v) is 4.32. The zero-order valence-corrected chi connectivity index (χ0v) is 7.97. The average molecular weight is 249 g/mol. The van der Waals surface area contributed by atoms with Gasteiger partial charge in [0.15, 0.2) is 0 Å². The maximum absolute atomic E-state index is 10.3. The maximum Gasteiger partial charge on any atom is 0.492 e. The smallest absolute Gasteiger partial charge is 0.390 e. The zero-order chi connectivity index (χ0) is 9.42. The molecule has 0 bridgehead atoms. The number of nitrogens with zero attached hydrogens (tertiary/aromatic N) is 4. The van der Waals surface area contributed by atoms with Crippen LogP contribution in [0, 0.1) is 10.1 Å². The molecule has 0 radical (unpaired) electrons. The lowest BCUT2D eigenvalue weighted by Gasteiger charge is -1.89. The molecule has 0 spiro atoms. The van der Waals surface area contributed by atoms with Crippen molar-refractivity contribution in [1.82, 2.24) is 14.8 Å². The lowest BCUT2D eigenvalue weighted by Crippen LogP contribution is -2.06. The van der Waals surface area contributed by atoms with Crippen LogP contribution in [0.2, 0.25) is 0 Å². The van der Waals surface area contributed by atoms with E-state index in [4.69, 9.17) is 4.74 Å². The lowest BCUT2D eigenvalue weighted by atomic mass is 10.5. The van der Waals surface area contributed by atoms with Crippen LogP contribution >= 0.6 is 15.9 Å². The number of halogens is 1. The van der Waals surface area contributed by atoms with Gasteiger partial charge in [-0.2, -0.15) is 4.68 Å². The maximum atomic E-state index is 10.3. The van der Waals surface area contributed by atoms with E-state index in [-0.39, 0.29) is 6.10 Å². The fraction of sp³-hybridized carbons (Fsp3) is 0.600. The molecular formula is C5H5BrN4O3. The summed E-state index contributed by atoms with van der Waals surface area (Å²) in [6.45, 7) is 1.18. The monoisotopic (exact) mass is 248 g/mol. The Morgan fingerprint density at radius 1 is 1.85 bits per heavy atom. The van der Waals surface area contributed by atoms with E-state index in [1.54, 1.807) is 0 Å². The van der Waals surface area contributed by atoms with Crippen LogP contribution in [0.1, 0.15) is 0 Å². The molecule has 2 heterocycles. The fourth-order valence-corrected chi connectivity index (χ4v) is 1.25. The van der Waals surface area contributed by atoms with Crippen molar-refractivity contribution in [2.45, 2.75) is 12.6 Å². The molecule has 1 fully saturated rings. The van der Waals surface area contributed by atoms with E-state index in [9.17, 15) is 10.1 Å². The highest BCUT2D eigenvalue weighted by Crippen LogP contribution is 2.17. The van der Waals surface area contributed by atoms with Gasteiger partial charge < -0.3 is 14.9 Å².